The monoisotopic (exact) mass is 550 g/mol. The zero-order valence-corrected chi connectivity index (χ0v) is 29.0. The Bertz CT molecular complexity index is 445. The molecule has 1 nitrogen and oxygen atoms in total. The second-order valence-corrected chi connectivity index (χ2v) is 14.4. The number of hydrogen-bond donors (Lipinski definition) is 0. The molecule has 0 spiro atoms. The molecule has 0 radical (unpaired) electrons. The van der Waals surface area contributed by atoms with Gasteiger partial charge in [-0.3, -0.25) is 4.90 Å². The van der Waals surface area contributed by atoms with E-state index in [0.717, 1.165) is 0 Å². The van der Waals surface area contributed by atoms with Crippen LogP contribution in [0.3, 0.4) is 0 Å². The van der Waals surface area contributed by atoms with Gasteiger partial charge in [0.1, 0.15) is 0 Å². The van der Waals surface area contributed by atoms with E-state index >= 15 is 0 Å². The zero-order chi connectivity index (χ0) is 29.1. The van der Waals surface area contributed by atoms with Crippen LogP contribution in [0.15, 0.2) is 0 Å². The van der Waals surface area contributed by atoms with Crippen LogP contribution in [0.2, 0.25) is 0 Å². The van der Waals surface area contributed by atoms with Gasteiger partial charge in [0.15, 0.2) is 0 Å². The fraction of sp³-hybridized carbons (Fsp3) is 1.00. The van der Waals surface area contributed by atoms with E-state index in [4.69, 9.17) is 0 Å². The van der Waals surface area contributed by atoms with Crippen LogP contribution in [0, 0.1) is 0 Å². The van der Waals surface area contributed by atoms with Crippen LogP contribution in [-0.4, -0.2) is 22.5 Å². The summed E-state index contributed by atoms with van der Waals surface area (Å²) in [6.45, 7) is 18.5. The van der Waals surface area contributed by atoms with Crippen molar-refractivity contribution in [1.82, 2.24) is 4.90 Å². The van der Waals surface area contributed by atoms with Gasteiger partial charge < -0.3 is 0 Å². The first-order valence-corrected chi connectivity index (χ1v) is 18.6. The van der Waals surface area contributed by atoms with Crippen LogP contribution < -0.4 is 0 Å². The summed E-state index contributed by atoms with van der Waals surface area (Å²) in [5.74, 6) is 0. The fourth-order valence-electron chi connectivity index (χ4n) is 6.83. The standard InChI is InChI=1S/C38H79N/c1-8-11-14-17-20-23-25-28-31-34-37(4,5)39(36-33-30-27-22-19-16-13-10-3)38(6,7)35-32-29-26-24-21-18-15-12-9-2/h8-36H2,1-7H3. The third kappa shape index (κ3) is 23.2. The predicted molar refractivity (Wildman–Crippen MR) is 181 cm³/mol. The van der Waals surface area contributed by atoms with Crippen molar-refractivity contribution < 1.29 is 0 Å². The van der Waals surface area contributed by atoms with Crippen LogP contribution in [0.1, 0.15) is 228 Å². The lowest BCUT2D eigenvalue weighted by Gasteiger charge is -2.49. The van der Waals surface area contributed by atoms with Gasteiger partial charge in [0.2, 0.25) is 0 Å². The second kappa shape index (κ2) is 26.8. The Kier molecular flexibility index (Phi) is 26.8. The molecule has 0 unspecified atom stereocenters. The molecule has 0 aliphatic rings. The molecule has 0 heterocycles. The molecule has 0 amide bonds. The summed E-state index contributed by atoms with van der Waals surface area (Å²) in [5.41, 5.74) is 0.621. The van der Waals surface area contributed by atoms with E-state index in [1.54, 1.807) is 0 Å². The Morgan fingerprint density at radius 1 is 0.308 bits per heavy atom. The van der Waals surface area contributed by atoms with Crippen LogP contribution in [0.4, 0.5) is 0 Å². The third-order valence-corrected chi connectivity index (χ3v) is 9.48. The summed E-state index contributed by atoms with van der Waals surface area (Å²) in [6.07, 6.45) is 39.9. The highest BCUT2D eigenvalue weighted by molar-refractivity contribution is 4.92. The SMILES string of the molecule is CCCCCCCCCCCC(C)(C)N(CCCCCCCCCC)C(C)(C)CCCCCCCCCCC. The molecule has 39 heavy (non-hydrogen) atoms. The van der Waals surface area contributed by atoms with E-state index < -0.39 is 0 Å². The lowest BCUT2D eigenvalue weighted by Crippen LogP contribution is -2.55. The van der Waals surface area contributed by atoms with Gasteiger partial charge in [-0.2, -0.15) is 0 Å². The first kappa shape index (κ1) is 39.0. The minimum absolute atomic E-state index is 0.311. The summed E-state index contributed by atoms with van der Waals surface area (Å²) in [7, 11) is 0. The van der Waals surface area contributed by atoms with Gasteiger partial charge in [-0.05, 0) is 53.5 Å². The average Bonchev–Trinajstić information content (AvgIpc) is 2.90. The van der Waals surface area contributed by atoms with Gasteiger partial charge in [-0.1, -0.05) is 181 Å². The van der Waals surface area contributed by atoms with Gasteiger partial charge >= 0.3 is 0 Å². The van der Waals surface area contributed by atoms with Gasteiger partial charge in [-0.25, -0.2) is 0 Å². The van der Waals surface area contributed by atoms with Crippen molar-refractivity contribution in [3.8, 4) is 0 Å². The molecular formula is C38H79N. The molecule has 0 bridgehead atoms. The number of nitrogens with zero attached hydrogens (tertiary/aromatic N) is 1. The van der Waals surface area contributed by atoms with E-state index in [1.807, 2.05) is 0 Å². The largest absolute Gasteiger partial charge is 0.293 e. The summed E-state index contributed by atoms with van der Waals surface area (Å²) in [4.78, 5) is 2.96. The Hall–Kier alpha value is -0.0400. The number of hydrogen-bond acceptors (Lipinski definition) is 1. The topological polar surface area (TPSA) is 3.24 Å². The maximum atomic E-state index is 2.96. The van der Waals surface area contributed by atoms with Crippen LogP contribution in [0.25, 0.3) is 0 Å². The number of rotatable bonds is 31. The molecule has 0 N–H and O–H groups in total. The molecule has 0 aromatic carbocycles. The Morgan fingerprint density at radius 2 is 0.538 bits per heavy atom. The molecule has 0 aromatic heterocycles. The minimum atomic E-state index is 0.311. The molecule has 0 fully saturated rings. The first-order valence-electron chi connectivity index (χ1n) is 18.6. The highest BCUT2D eigenvalue weighted by Crippen LogP contribution is 2.34. The Balaban J connectivity index is 4.60. The quantitative estimate of drug-likeness (QED) is 0.0777. The van der Waals surface area contributed by atoms with Crippen LogP contribution in [0.5, 0.6) is 0 Å². The maximum absolute atomic E-state index is 2.96. The van der Waals surface area contributed by atoms with E-state index in [0.29, 0.717) is 11.1 Å². The number of unbranched alkanes of at least 4 members (excludes halogenated alkanes) is 23. The van der Waals surface area contributed by atoms with Gasteiger partial charge in [0.05, 0.1) is 0 Å². The maximum Gasteiger partial charge on any atom is 0.0158 e. The summed E-state index contributed by atoms with van der Waals surface area (Å²) in [6, 6.07) is 0. The Morgan fingerprint density at radius 3 is 0.821 bits per heavy atom. The van der Waals surface area contributed by atoms with Crippen molar-refractivity contribution in [3.05, 3.63) is 0 Å². The minimum Gasteiger partial charge on any atom is -0.293 e. The fourth-order valence-corrected chi connectivity index (χ4v) is 6.83. The predicted octanol–water partition coefficient (Wildman–Crippen LogP) is 13.8. The van der Waals surface area contributed by atoms with Gasteiger partial charge in [0, 0.05) is 11.1 Å². The van der Waals surface area contributed by atoms with E-state index in [9.17, 15) is 0 Å². The van der Waals surface area contributed by atoms with E-state index in [1.165, 1.54) is 186 Å². The highest BCUT2D eigenvalue weighted by Gasteiger charge is 2.36. The second-order valence-electron chi connectivity index (χ2n) is 14.4. The van der Waals surface area contributed by atoms with E-state index in [2.05, 4.69) is 53.4 Å². The normalized spacial score (nSPS) is 12.6. The van der Waals surface area contributed by atoms with Gasteiger partial charge in [0.25, 0.3) is 0 Å². The molecule has 236 valence electrons. The molecule has 0 saturated carbocycles. The molecule has 0 aromatic rings. The summed E-state index contributed by atoms with van der Waals surface area (Å²) >= 11 is 0. The lowest BCUT2D eigenvalue weighted by atomic mass is 9.85. The molecule has 0 atom stereocenters. The summed E-state index contributed by atoms with van der Waals surface area (Å²) < 4.78 is 0. The Labute approximate surface area is 250 Å². The molecule has 0 saturated heterocycles. The molecule has 0 aliphatic heterocycles. The molecule has 0 rings (SSSR count). The van der Waals surface area contributed by atoms with Gasteiger partial charge in [-0.15, -0.1) is 0 Å². The third-order valence-electron chi connectivity index (χ3n) is 9.48. The van der Waals surface area contributed by atoms with Crippen LogP contribution >= 0.6 is 0 Å². The van der Waals surface area contributed by atoms with Crippen molar-refractivity contribution in [2.75, 3.05) is 6.54 Å². The van der Waals surface area contributed by atoms with Crippen LogP contribution in [-0.2, 0) is 0 Å². The smallest absolute Gasteiger partial charge is 0.0158 e. The highest BCUT2D eigenvalue weighted by atomic mass is 15.2. The van der Waals surface area contributed by atoms with Crippen molar-refractivity contribution in [1.29, 1.82) is 0 Å². The zero-order valence-electron chi connectivity index (χ0n) is 29.0. The van der Waals surface area contributed by atoms with Crippen molar-refractivity contribution in [2.24, 2.45) is 0 Å². The average molecular weight is 550 g/mol. The van der Waals surface area contributed by atoms with E-state index in [-0.39, 0.29) is 0 Å². The first-order chi connectivity index (χ1) is 18.8. The van der Waals surface area contributed by atoms with Crippen molar-refractivity contribution >= 4 is 0 Å². The molecule has 0 aliphatic carbocycles. The van der Waals surface area contributed by atoms with Crippen molar-refractivity contribution in [2.45, 2.75) is 239 Å². The lowest BCUT2D eigenvalue weighted by molar-refractivity contribution is 0.00151. The van der Waals surface area contributed by atoms with Crippen molar-refractivity contribution in [3.63, 3.8) is 0 Å². The molecular weight excluding hydrogens is 470 g/mol. The molecule has 1 heteroatoms. The summed E-state index contributed by atoms with van der Waals surface area (Å²) in [5, 5.41) is 0.